The summed E-state index contributed by atoms with van der Waals surface area (Å²) in [7, 11) is 1.76. The van der Waals surface area contributed by atoms with Gasteiger partial charge in [0, 0.05) is 51.9 Å². The van der Waals surface area contributed by atoms with Gasteiger partial charge in [0.1, 0.15) is 0 Å². The topological polar surface area (TPSA) is 85.4 Å². The summed E-state index contributed by atoms with van der Waals surface area (Å²) >= 11 is 0. The van der Waals surface area contributed by atoms with E-state index in [2.05, 4.69) is 15.1 Å². The SMILES string of the molecule is CN(C(=O)/C=C/CN1CCOCC1)[C@@H]1CCC[C@@H](N2CCNC(=O)C2)[C@@H]1O. The molecule has 1 aliphatic carbocycles. The number of amides is 2. The molecule has 8 heteroatoms. The van der Waals surface area contributed by atoms with Crippen LogP contribution in [-0.2, 0) is 14.3 Å². The summed E-state index contributed by atoms with van der Waals surface area (Å²) in [6, 6.07) is -0.281. The van der Waals surface area contributed by atoms with Gasteiger partial charge in [0.2, 0.25) is 11.8 Å². The van der Waals surface area contributed by atoms with Crippen LogP contribution >= 0.6 is 0 Å². The van der Waals surface area contributed by atoms with Crippen molar-refractivity contribution in [3.05, 3.63) is 12.2 Å². The smallest absolute Gasteiger partial charge is 0.246 e. The Kier molecular flexibility index (Phi) is 7.23. The molecule has 27 heavy (non-hydrogen) atoms. The molecule has 8 nitrogen and oxygen atoms in total. The van der Waals surface area contributed by atoms with E-state index in [1.807, 2.05) is 6.08 Å². The highest BCUT2D eigenvalue weighted by molar-refractivity contribution is 5.87. The summed E-state index contributed by atoms with van der Waals surface area (Å²) in [6.07, 6.45) is 5.47. The maximum Gasteiger partial charge on any atom is 0.246 e. The molecule has 3 rings (SSSR count). The molecule has 3 aliphatic rings. The molecular weight excluding hydrogens is 348 g/mol. The number of nitrogens with one attached hydrogen (secondary N) is 1. The molecule has 3 fully saturated rings. The molecule has 0 aromatic carbocycles. The molecule has 0 radical (unpaired) electrons. The molecule has 2 amide bonds. The van der Waals surface area contributed by atoms with Gasteiger partial charge in [-0.05, 0) is 19.3 Å². The van der Waals surface area contributed by atoms with Crippen LogP contribution in [0, 0.1) is 0 Å². The molecular formula is C19H32N4O4. The lowest BCUT2D eigenvalue weighted by Crippen LogP contribution is -2.60. The second kappa shape index (κ2) is 9.64. The van der Waals surface area contributed by atoms with Gasteiger partial charge < -0.3 is 20.1 Å². The second-order valence-corrected chi connectivity index (χ2v) is 7.64. The number of likely N-dealkylation sites (N-methyl/N-ethyl adjacent to an activating group) is 1. The quantitative estimate of drug-likeness (QED) is 0.598. The molecule has 2 aliphatic heterocycles. The first kappa shape index (κ1) is 20.3. The first-order valence-electron chi connectivity index (χ1n) is 9.98. The number of nitrogens with zero attached hydrogens (tertiary/aromatic N) is 3. The van der Waals surface area contributed by atoms with Crippen molar-refractivity contribution in [3.63, 3.8) is 0 Å². The molecule has 0 bridgehead atoms. The third kappa shape index (κ3) is 5.28. The standard InChI is InChI=1S/C19H32N4O4/c1-21(18(25)6-3-8-22-10-12-27-13-11-22)15-4-2-5-16(19(15)26)23-9-7-20-17(24)14-23/h3,6,15-16,19,26H,2,4-5,7-14H2,1H3,(H,20,24)/b6-3+/t15-,16-,19-/m1/s1. The van der Waals surface area contributed by atoms with Crippen molar-refractivity contribution in [2.75, 3.05) is 59.5 Å². The Labute approximate surface area is 161 Å². The largest absolute Gasteiger partial charge is 0.389 e. The third-order valence-corrected chi connectivity index (χ3v) is 5.90. The van der Waals surface area contributed by atoms with Gasteiger partial charge >= 0.3 is 0 Å². The summed E-state index contributed by atoms with van der Waals surface area (Å²) in [5.74, 6) is -0.0737. The molecule has 3 atom stereocenters. The van der Waals surface area contributed by atoms with Crippen molar-refractivity contribution < 1.29 is 19.4 Å². The van der Waals surface area contributed by atoms with Gasteiger partial charge in [-0.1, -0.05) is 6.08 Å². The van der Waals surface area contributed by atoms with Crippen molar-refractivity contribution in [2.45, 2.75) is 37.5 Å². The highest BCUT2D eigenvalue weighted by Gasteiger charge is 2.39. The van der Waals surface area contributed by atoms with E-state index in [1.165, 1.54) is 0 Å². The number of hydrogen-bond acceptors (Lipinski definition) is 6. The highest BCUT2D eigenvalue weighted by Crippen LogP contribution is 2.27. The second-order valence-electron chi connectivity index (χ2n) is 7.64. The predicted molar refractivity (Wildman–Crippen MR) is 101 cm³/mol. The number of carbonyl (C=O) groups excluding carboxylic acids is 2. The number of aliphatic hydroxyl groups excluding tert-OH is 1. The highest BCUT2D eigenvalue weighted by atomic mass is 16.5. The summed E-state index contributed by atoms with van der Waals surface area (Å²) in [5, 5.41) is 13.7. The van der Waals surface area contributed by atoms with Crippen LogP contribution < -0.4 is 5.32 Å². The fourth-order valence-corrected chi connectivity index (χ4v) is 4.26. The summed E-state index contributed by atoms with van der Waals surface area (Å²) in [6.45, 7) is 5.69. The number of piperazine rings is 1. The lowest BCUT2D eigenvalue weighted by Gasteiger charge is -2.45. The molecule has 0 aromatic rings. The van der Waals surface area contributed by atoms with E-state index in [9.17, 15) is 14.7 Å². The summed E-state index contributed by atoms with van der Waals surface area (Å²) in [4.78, 5) is 30.2. The van der Waals surface area contributed by atoms with E-state index in [4.69, 9.17) is 4.74 Å². The lowest BCUT2D eigenvalue weighted by molar-refractivity contribution is -0.135. The lowest BCUT2D eigenvalue weighted by atomic mass is 9.86. The maximum absolute atomic E-state index is 12.6. The van der Waals surface area contributed by atoms with Gasteiger partial charge in [-0.15, -0.1) is 0 Å². The van der Waals surface area contributed by atoms with Crippen LogP contribution in [0.4, 0.5) is 0 Å². The predicted octanol–water partition coefficient (Wildman–Crippen LogP) is -0.953. The molecule has 2 heterocycles. The molecule has 2 saturated heterocycles. The Morgan fingerprint density at radius 1 is 1.33 bits per heavy atom. The van der Waals surface area contributed by atoms with Crippen LogP contribution in [0.25, 0.3) is 0 Å². The fourth-order valence-electron chi connectivity index (χ4n) is 4.26. The van der Waals surface area contributed by atoms with Crippen LogP contribution in [-0.4, -0.2) is 109 Å². The number of morpholine rings is 1. The van der Waals surface area contributed by atoms with Gasteiger partial charge in [0.15, 0.2) is 0 Å². The third-order valence-electron chi connectivity index (χ3n) is 5.90. The van der Waals surface area contributed by atoms with Gasteiger partial charge in [0.05, 0.1) is 31.9 Å². The van der Waals surface area contributed by atoms with Crippen LogP contribution in [0.1, 0.15) is 19.3 Å². The number of aliphatic hydroxyl groups is 1. The van der Waals surface area contributed by atoms with Gasteiger partial charge in [0.25, 0.3) is 0 Å². The Morgan fingerprint density at radius 3 is 2.85 bits per heavy atom. The van der Waals surface area contributed by atoms with Crippen molar-refractivity contribution in [2.24, 2.45) is 0 Å². The van der Waals surface area contributed by atoms with Crippen molar-refractivity contribution in [3.8, 4) is 0 Å². The molecule has 152 valence electrons. The van der Waals surface area contributed by atoms with Crippen LogP contribution in [0.3, 0.4) is 0 Å². The monoisotopic (exact) mass is 380 g/mol. The van der Waals surface area contributed by atoms with E-state index in [0.717, 1.165) is 58.7 Å². The van der Waals surface area contributed by atoms with Gasteiger partial charge in [-0.3, -0.25) is 19.4 Å². The van der Waals surface area contributed by atoms with E-state index < -0.39 is 6.10 Å². The van der Waals surface area contributed by atoms with E-state index in [1.54, 1.807) is 18.0 Å². The minimum absolute atomic E-state index is 0.00560. The maximum atomic E-state index is 12.6. The molecule has 0 aromatic heterocycles. The van der Waals surface area contributed by atoms with E-state index in [0.29, 0.717) is 13.1 Å². The van der Waals surface area contributed by atoms with Crippen LogP contribution in [0.2, 0.25) is 0 Å². The zero-order valence-corrected chi connectivity index (χ0v) is 16.2. The molecule has 1 saturated carbocycles. The minimum atomic E-state index is -0.633. The van der Waals surface area contributed by atoms with Gasteiger partial charge in [-0.25, -0.2) is 0 Å². The zero-order chi connectivity index (χ0) is 19.2. The average molecular weight is 380 g/mol. The zero-order valence-electron chi connectivity index (χ0n) is 16.2. The number of rotatable bonds is 5. The number of ether oxygens (including phenoxy) is 1. The van der Waals surface area contributed by atoms with E-state index >= 15 is 0 Å². The fraction of sp³-hybridized carbons (Fsp3) is 0.789. The first-order valence-corrected chi connectivity index (χ1v) is 9.98. The normalized spacial score (nSPS) is 31.0. The minimum Gasteiger partial charge on any atom is -0.389 e. The average Bonchev–Trinajstić information content (AvgIpc) is 2.68. The number of hydrogen-bond donors (Lipinski definition) is 2. The molecule has 2 N–H and O–H groups in total. The Bertz CT molecular complexity index is 550. The van der Waals surface area contributed by atoms with E-state index in [-0.39, 0.29) is 23.9 Å². The number of carbonyl (C=O) groups is 2. The van der Waals surface area contributed by atoms with Crippen molar-refractivity contribution >= 4 is 11.8 Å². The Balaban J connectivity index is 1.53. The van der Waals surface area contributed by atoms with Gasteiger partial charge in [-0.2, -0.15) is 0 Å². The summed E-state index contributed by atoms with van der Waals surface area (Å²) < 4.78 is 5.33. The first-order chi connectivity index (χ1) is 13.1. The molecule has 0 spiro atoms. The van der Waals surface area contributed by atoms with Crippen molar-refractivity contribution in [1.82, 2.24) is 20.0 Å². The Hall–Kier alpha value is -1.48. The molecule has 0 unspecified atom stereocenters. The van der Waals surface area contributed by atoms with Crippen molar-refractivity contribution in [1.29, 1.82) is 0 Å². The Morgan fingerprint density at radius 2 is 2.11 bits per heavy atom. The van der Waals surface area contributed by atoms with Crippen LogP contribution in [0.5, 0.6) is 0 Å². The van der Waals surface area contributed by atoms with Crippen LogP contribution in [0.15, 0.2) is 12.2 Å². The summed E-state index contributed by atoms with van der Waals surface area (Å²) in [5.41, 5.74) is 0.